The summed E-state index contributed by atoms with van der Waals surface area (Å²) in [5.74, 6) is 1.38. The predicted molar refractivity (Wildman–Crippen MR) is 117 cm³/mol. The van der Waals surface area contributed by atoms with E-state index in [-0.39, 0.29) is 0 Å². The number of H-pyrrole nitrogens is 1. The standard InChI is InChI=1S/C23H21N5O/c1-2-29-19-12-10-18(11-13-19)27-23(22-9-5-6-14-24-22)28-26-16-17-15-25-21-8-4-3-7-20(17)21/h3-16,25H,2H2,1H3,(H,27,28)/b26-16+. The van der Waals surface area contributed by atoms with Gasteiger partial charge in [0, 0.05) is 28.9 Å². The highest BCUT2D eigenvalue weighted by Gasteiger charge is 2.05. The van der Waals surface area contributed by atoms with Crippen LogP contribution in [0, 0.1) is 0 Å². The molecule has 0 unspecified atom stereocenters. The number of pyridine rings is 1. The number of hydrogen-bond donors (Lipinski definition) is 2. The predicted octanol–water partition coefficient (Wildman–Crippen LogP) is 4.66. The highest BCUT2D eigenvalue weighted by Crippen LogP contribution is 2.19. The van der Waals surface area contributed by atoms with Crippen LogP contribution in [-0.4, -0.2) is 28.6 Å². The normalized spacial score (nSPS) is 11.8. The van der Waals surface area contributed by atoms with Gasteiger partial charge in [0.2, 0.25) is 0 Å². The van der Waals surface area contributed by atoms with Crippen LogP contribution in [0.4, 0.5) is 5.69 Å². The van der Waals surface area contributed by atoms with E-state index >= 15 is 0 Å². The van der Waals surface area contributed by atoms with Gasteiger partial charge in [-0.2, -0.15) is 5.10 Å². The lowest BCUT2D eigenvalue weighted by Crippen LogP contribution is -2.20. The quantitative estimate of drug-likeness (QED) is 0.289. The highest BCUT2D eigenvalue weighted by atomic mass is 16.5. The molecule has 0 aliphatic rings. The van der Waals surface area contributed by atoms with E-state index in [4.69, 9.17) is 4.74 Å². The number of nitrogens with one attached hydrogen (secondary N) is 2. The number of hydrogen-bond acceptors (Lipinski definition) is 4. The van der Waals surface area contributed by atoms with Gasteiger partial charge in [-0.05, 0) is 49.4 Å². The number of benzene rings is 2. The number of amidine groups is 1. The summed E-state index contributed by atoms with van der Waals surface area (Å²) in [5, 5.41) is 5.51. The van der Waals surface area contributed by atoms with Gasteiger partial charge in [-0.25, -0.2) is 4.99 Å². The van der Waals surface area contributed by atoms with Crippen molar-refractivity contribution in [3.63, 3.8) is 0 Å². The number of aliphatic imine (C=N–C) groups is 1. The van der Waals surface area contributed by atoms with Gasteiger partial charge in [-0.3, -0.25) is 10.4 Å². The van der Waals surface area contributed by atoms with Crippen LogP contribution >= 0.6 is 0 Å². The first kappa shape index (κ1) is 18.4. The Kier molecular flexibility index (Phi) is 5.62. The van der Waals surface area contributed by atoms with Gasteiger partial charge < -0.3 is 9.72 Å². The third-order valence-corrected chi connectivity index (χ3v) is 4.29. The van der Waals surface area contributed by atoms with Gasteiger partial charge in [-0.1, -0.05) is 24.3 Å². The van der Waals surface area contributed by atoms with Gasteiger partial charge in [-0.15, -0.1) is 0 Å². The fourth-order valence-corrected chi connectivity index (χ4v) is 2.92. The Morgan fingerprint density at radius 3 is 2.69 bits per heavy atom. The summed E-state index contributed by atoms with van der Waals surface area (Å²) in [6.45, 7) is 2.59. The number of rotatable bonds is 6. The Balaban J connectivity index is 1.59. The zero-order chi connectivity index (χ0) is 19.9. The second-order valence-electron chi connectivity index (χ2n) is 6.26. The first-order chi connectivity index (χ1) is 14.3. The molecule has 0 amide bonds. The molecular weight excluding hydrogens is 362 g/mol. The number of para-hydroxylation sites is 1. The van der Waals surface area contributed by atoms with E-state index in [0.29, 0.717) is 18.1 Å². The summed E-state index contributed by atoms with van der Waals surface area (Å²) in [5.41, 5.74) is 6.59. The average molecular weight is 383 g/mol. The maximum absolute atomic E-state index is 5.49. The van der Waals surface area contributed by atoms with Crippen molar-refractivity contribution in [1.29, 1.82) is 0 Å². The summed E-state index contributed by atoms with van der Waals surface area (Å²) < 4.78 is 5.49. The number of aromatic nitrogens is 2. The first-order valence-electron chi connectivity index (χ1n) is 9.41. The Morgan fingerprint density at radius 1 is 1.07 bits per heavy atom. The minimum Gasteiger partial charge on any atom is -0.494 e. The Labute approximate surface area is 169 Å². The molecule has 2 N–H and O–H groups in total. The highest BCUT2D eigenvalue weighted by molar-refractivity contribution is 6.01. The van der Waals surface area contributed by atoms with E-state index in [0.717, 1.165) is 27.9 Å². The molecule has 0 spiro atoms. The molecule has 0 aliphatic carbocycles. The molecule has 4 aromatic rings. The van der Waals surface area contributed by atoms with Crippen molar-refractivity contribution in [2.45, 2.75) is 6.92 Å². The van der Waals surface area contributed by atoms with E-state index in [2.05, 4.69) is 31.6 Å². The molecule has 0 fully saturated rings. The Morgan fingerprint density at radius 2 is 1.90 bits per heavy atom. The van der Waals surface area contributed by atoms with Crippen LogP contribution in [0.5, 0.6) is 5.75 Å². The number of aromatic amines is 1. The van der Waals surface area contributed by atoms with Crippen LogP contribution in [0.15, 0.2) is 89.2 Å². The maximum Gasteiger partial charge on any atom is 0.172 e. The van der Waals surface area contributed by atoms with Crippen LogP contribution in [0.1, 0.15) is 18.2 Å². The summed E-state index contributed by atoms with van der Waals surface area (Å²) in [7, 11) is 0. The van der Waals surface area contributed by atoms with Gasteiger partial charge >= 0.3 is 0 Å². The molecular formula is C23H21N5O. The SMILES string of the molecule is CCOc1ccc(N=C(N/N=C/c2c[nH]c3ccccc23)c2ccccn2)cc1. The fourth-order valence-electron chi connectivity index (χ4n) is 2.92. The monoisotopic (exact) mass is 383 g/mol. The molecule has 29 heavy (non-hydrogen) atoms. The summed E-state index contributed by atoms with van der Waals surface area (Å²) in [4.78, 5) is 12.3. The number of nitrogens with zero attached hydrogens (tertiary/aromatic N) is 3. The molecule has 0 aliphatic heterocycles. The number of fused-ring (bicyclic) bond motifs is 1. The molecule has 0 saturated heterocycles. The molecule has 0 radical (unpaired) electrons. The summed E-state index contributed by atoms with van der Waals surface area (Å²) in [6.07, 6.45) is 5.43. The van der Waals surface area contributed by atoms with Crippen molar-refractivity contribution in [1.82, 2.24) is 15.4 Å². The van der Waals surface area contributed by atoms with Crippen molar-refractivity contribution in [2.24, 2.45) is 10.1 Å². The van der Waals surface area contributed by atoms with Gasteiger partial charge in [0.15, 0.2) is 5.84 Å². The molecule has 0 atom stereocenters. The second kappa shape index (κ2) is 8.84. The Bertz CT molecular complexity index is 1130. The third kappa shape index (κ3) is 4.50. The smallest absolute Gasteiger partial charge is 0.172 e. The zero-order valence-corrected chi connectivity index (χ0v) is 16.0. The molecule has 6 nitrogen and oxygen atoms in total. The van der Waals surface area contributed by atoms with Crippen LogP contribution in [0.3, 0.4) is 0 Å². The lowest BCUT2D eigenvalue weighted by molar-refractivity contribution is 0.340. The minimum absolute atomic E-state index is 0.561. The van der Waals surface area contributed by atoms with Crippen molar-refractivity contribution in [2.75, 3.05) is 6.61 Å². The van der Waals surface area contributed by atoms with Crippen LogP contribution in [0.2, 0.25) is 0 Å². The maximum atomic E-state index is 5.49. The molecule has 0 bridgehead atoms. The van der Waals surface area contributed by atoms with E-state index in [1.54, 1.807) is 12.4 Å². The van der Waals surface area contributed by atoms with Crippen LogP contribution in [0.25, 0.3) is 10.9 Å². The second-order valence-corrected chi connectivity index (χ2v) is 6.26. The van der Waals surface area contributed by atoms with Gasteiger partial charge in [0.25, 0.3) is 0 Å². The lowest BCUT2D eigenvalue weighted by Gasteiger charge is -2.06. The van der Waals surface area contributed by atoms with E-state index in [9.17, 15) is 0 Å². The van der Waals surface area contributed by atoms with Crippen molar-refractivity contribution in [3.05, 3.63) is 90.4 Å². The molecule has 2 aromatic heterocycles. The minimum atomic E-state index is 0.561. The molecule has 2 heterocycles. The number of hydrazone groups is 1. The third-order valence-electron chi connectivity index (χ3n) is 4.29. The molecule has 6 heteroatoms. The van der Waals surface area contributed by atoms with Crippen LogP contribution < -0.4 is 10.2 Å². The average Bonchev–Trinajstić information content (AvgIpc) is 3.18. The van der Waals surface area contributed by atoms with Crippen molar-refractivity contribution >= 4 is 28.6 Å². The summed E-state index contributed by atoms with van der Waals surface area (Å²) >= 11 is 0. The molecule has 0 saturated carbocycles. The van der Waals surface area contributed by atoms with Crippen LogP contribution in [-0.2, 0) is 0 Å². The summed E-state index contributed by atoms with van der Waals surface area (Å²) in [6, 6.07) is 21.4. The molecule has 144 valence electrons. The Hall–Kier alpha value is -3.93. The van der Waals surface area contributed by atoms with Crippen molar-refractivity contribution < 1.29 is 4.74 Å². The largest absolute Gasteiger partial charge is 0.494 e. The van der Waals surface area contributed by atoms with E-state index in [1.807, 2.05) is 73.8 Å². The fraction of sp³-hybridized carbons (Fsp3) is 0.0870. The van der Waals surface area contributed by atoms with Crippen molar-refractivity contribution in [3.8, 4) is 5.75 Å². The van der Waals surface area contributed by atoms with Gasteiger partial charge in [0.05, 0.1) is 18.5 Å². The lowest BCUT2D eigenvalue weighted by atomic mass is 10.2. The van der Waals surface area contributed by atoms with Gasteiger partial charge in [0.1, 0.15) is 11.4 Å². The topological polar surface area (TPSA) is 74.7 Å². The zero-order valence-electron chi connectivity index (χ0n) is 16.0. The molecule has 4 rings (SSSR count). The van der Waals surface area contributed by atoms with E-state index < -0.39 is 0 Å². The molecule has 2 aromatic carbocycles. The van der Waals surface area contributed by atoms with E-state index in [1.165, 1.54) is 0 Å². The first-order valence-corrected chi connectivity index (χ1v) is 9.41. The number of ether oxygens (including phenoxy) is 1.